The number of nitrogens with zero attached hydrogens (tertiary/aromatic N) is 1. The third kappa shape index (κ3) is 4.91. The first-order chi connectivity index (χ1) is 7.99. The molecular formula is C13H16ClNO2. The Kier molecular flexibility index (Phi) is 5.04. The third-order valence-corrected chi connectivity index (χ3v) is 2.49. The van der Waals surface area contributed by atoms with E-state index in [1.807, 2.05) is 32.1 Å². The number of rotatable bonds is 5. The second kappa shape index (κ2) is 6.30. The van der Waals surface area contributed by atoms with Gasteiger partial charge in [-0.05, 0) is 38.1 Å². The maximum Gasteiger partial charge on any atom is 0.323 e. The molecule has 0 radical (unpaired) electrons. The van der Waals surface area contributed by atoms with Crippen molar-refractivity contribution in [1.29, 1.82) is 0 Å². The van der Waals surface area contributed by atoms with E-state index in [2.05, 4.69) is 0 Å². The first kappa shape index (κ1) is 13.6. The van der Waals surface area contributed by atoms with Crippen molar-refractivity contribution in [3.8, 4) is 0 Å². The lowest BCUT2D eigenvalue weighted by molar-refractivity contribution is -0.135. The second-order valence-corrected chi connectivity index (χ2v) is 4.47. The van der Waals surface area contributed by atoms with Crippen LogP contribution in [0.2, 0.25) is 5.02 Å². The fraction of sp³-hybridized carbons (Fsp3) is 0.308. The second-order valence-electron chi connectivity index (χ2n) is 4.03. The molecule has 0 amide bonds. The van der Waals surface area contributed by atoms with E-state index in [1.165, 1.54) is 0 Å². The lowest BCUT2D eigenvalue weighted by atomic mass is 10.2. The Hall–Kier alpha value is -1.48. The lowest BCUT2D eigenvalue weighted by Crippen LogP contribution is -2.29. The number of anilines is 1. The molecule has 0 heterocycles. The molecule has 0 fully saturated rings. The van der Waals surface area contributed by atoms with Crippen molar-refractivity contribution in [3.05, 3.63) is 40.9 Å². The van der Waals surface area contributed by atoms with Gasteiger partial charge >= 0.3 is 5.97 Å². The molecule has 1 aromatic rings. The van der Waals surface area contributed by atoms with Crippen molar-refractivity contribution in [2.24, 2.45) is 0 Å². The Bertz CT molecular complexity index is 408. The van der Waals surface area contributed by atoms with Gasteiger partial charge in [0.15, 0.2) is 0 Å². The molecule has 4 heteroatoms. The van der Waals surface area contributed by atoms with E-state index in [0.29, 0.717) is 11.6 Å². The molecule has 0 unspecified atom stereocenters. The predicted molar refractivity (Wildman–Crippen MR) is 70.7 cm³/mol. The minimum Gasteiger partial charge on any atom is -0.480 e. The number of carbonyl (C=O) groups is 1. The van der Waals surface area contributed by atoms with Crippen molar-refractivity contribution in [2.45, 2.75) is 13.8 Å². The van der Waals surface area contributed by atoms with Crippen LogP contribution in [0.25, 0.3) is 0 Å². The van der Waals surface area contributed by atoms with Gasteiger partial charge in [0.05, 0.1) is 0 Å². The third-order valence-electron chi connectivity index (χ3n) is 2.24. The highest BCUT2D eigenvalue weighted by molar-refractivity contribution is 6.30. The minimum atomic E-state index is -0.845. The molecule has 0 bridgehead atoms. The summed E-state index contributed by atoms with van der Waals surface area (Å²) in [4.78, 5) is 12.6. The number of carboxylic acids is 1. The van der Waals surface area contributed by atoms with Gasteiger partial charge in [0.2, 0.25) is 0 Å². The van der Waals surface area contributed by atoms with Crippen molar-refractivity contribution >= 4 is 23.3 Å². The summed E-state index contributed by atoms with van der Waals surface area (Å²) in [6.07, 6.45) is 2.00. The van der Waals surface area contributed by atoms with Crippen LogP contribution in [0.1, 0.15) is 13.8 Å². The van der Waals surface area contributed by atoms with Gasteiger partial charge in [-0.15, -0.1) is 0 Å². The van der Waals surface area contributed by atoms with Gasteiger partial charge in [-0.1, -0.05) is 23.3 Å². The normalized spacial score (nSPS) is 9.82. The first-order valence-electron chi connectivity index (χ1n) is 5.34. The molecule has 0 saturated heterocycles. The quantitative estimate of drug-likeness (QED) is 0.820. The summed E-state index contributed by atoms with van der Waals surface area (Å²) in [5, 5.41) is 9.52. The van der Waals surface area contributed by atoms with Gasteiger partial charge in [-0.2, -0.15) is 0 Å². The van der Waals surface area contributed by atoms with Crippen molar-refractivity contribution < 1.29 is 9.90 Å². The van der Waals surface area contributed by atoms with Gasteiger partial charge in [-0.25, -0.2) is 0 Å². The highest BCUT2D eigenvalue weighted by Gasteiger charge is 2.09. The number of hydrogen-bond donors (Lipinski definition) is 1. The minimum absolute atomic E-state index is 0.0224. The fourth-order valence-corrected chi connectivity index (χ4v) is 1.50. The zero-order chi connectivity index (χ0) is 12.8. The lowest BCUT2D eigenvalue weighted by Gasteiger charge is -2.21. The Balaban J connectivity index is 2.85. The molecule has 0 saturated carbocycles. The van der Waals surface area contributed by atoms with Crippen LogP contribution in [0.15, 0.2) is 35.9 Å². The zero-order valence-corrected chi connectivity index (χ0v) is 10.7. The molecule has 0 atom stereocenters. The largest absolute Gasteiger partial charge is 0.480 e. The Morgan fingerprint density at radius 1 is 1.35 bits per heavy atom. The molecule has 0 aliphatic carbocycles. The van der Waals surface area contributed by atoms with E-state index in [-0.39, 0.29) is 6.54 Å². The maximum atomic E-state index is 10.8. The molecule has 1 rings (SSSR count). The molecule has 0 aliphatic heterocycles. The average Bonchev–Trinajstić information content (AvgIpc) is 2.25. The number of halogens is 1. The summed E-state index contributed by atoms with van der Waals surface area (Å²) in [6.45, 7) is 4.53. The molecule has 92 valence electrons. The summed E-state index contributed by atoms with van der Waals surface area (Å²) in [5.41, 5.74) is 2.02. The van der Waals surface area contributed by atoms with Gasteiger partial charge in [-0.3, -0.25) is 4.79 Å². The monoisotopic (exact) mass is 253 g/mol. The molecule has 17 heavy (non-hydrogen) atoms. The molecule has 0 aliphatic rings. The van der Waals surface area contributed by atoms with Crippen LogP contribution in [0.3, 0.4) is 0 Å². The van der Waals surface area contributed by atoms with E-state index in [4.69, 9.17) is 16.7 Å². The highest BCUT2D eigenvalue weighted by atomic mass is 35.5. The molecule has 1 aromatic carbocycles. The van der Waals surface area contributed by atoms with Crippen LogP contribution in [0.5, 0.6) is 0 Å². The van der Waals surface area contributed by atoms with E-state index in [0.717, 1.165) is 11.3 Å². The zero-order valence-electron chi connectivity index (χ0n) is 9.98. The van der Waals surface area contributed by atoms with Crippen molar-refractivity contribution in [1.82, 2.24) is 0 Å². The standard InChI is InChI=1S/C13H16ClNO2/c1-10(2)7-8-15(9-13(16)17)12-5-3-11(14)4-6-12/h3-7H,8-9H2,1-2H3,(H,16,17). The topological polar surface area (TPSA) is 40.5 Å². The molecule has 0 aromatic heterocycles. The van der Waals surface area contributed by atoms with Gasteiger partial charge in [0.25, 0.3) is 0 Å². The Morgan fingerprint density at radius 3 is 2.41 bits per heavy atom. The van der Waals surface area contributed by atoms with E-state index in [9.17, 15) is 4.79 Å². The van der Waals surface area contributed by atoms with Crippen molar-refractivity contribution in [2.75, 3.05) is 18.0 Å². The summed E-state index contributed by atoms with van der Waals surface area (Å²) in [6, 6.07) is 7.16. The highest BCUT2D eigenvalue weighted by Crippen LogP contribution is 2.18. The van der Waals surface area contributed by atoms with E-state index in [1.54, 1.807) is 17.0 Å². The fourth-order valence-electron chi connectivity index (χ4n) is 1.37. The SMILES string of the molecule is CC(C)=CCN(CC(=O)O)c1ccc(Cl)cc1. The van der Waals surface area contributed by atoms with Gasteiger partial charge < -0.3 is 10.0 Å². The van der Waals surface area contributed by atoms with Crippen LogP contribution < -0.4 is 4.90 Å². The van der Waals surface area contributed by atoms with Gasteiger partial charge in [0, 0.05) is 17.3 Å². The van der Waals surface area contributed by atoms with Gasteiger partial charge in [0.1, 0.15) is 6.54 Å². The molecule has 1 N–H and O–H groups in total. The Morgan fingerprint density at radius 2 is 1.94 bits per heavy atom. The first-order valence-corrected chi connectivity index (χ1v) is 5.72. The smallest absolute Gasteiger partial charge is 0.323 e. The molecule has 0 spiro atoms. The summed E-state index contributed by atoms with van der Waals surface area (Å²) < 4.78 is 0. The van der Waals surface area contributed by atoms with E-state index < -0.39 is 5.97 Å². The van der Waals surface area contributed by atoms with Crippen LogP contribution >= 0.6 is 11.6 Å². The van der Waals surface area contributed by atoms with Crippen LogP contribution in [0, 0.1) is 0 Å². The summed E-state index contributed by atoms with van der Waals surface area (Å²) in [7, 11) is 0. The number of hydrogen-bond acceptors (Lipinski definition) is 2. The van der Waals surface area contributed by atoms with Crippen molar-refractivity contribution in [3.63, 3.8) is 0 Å². The summed E-state index contributed by atoms with van der Waals surface area (Å²) in [5.74, 6) is -0.845. The Labute approximate surface area is 106 Å². The average molecular weight is 254 g/mol. The number of carboxylic acid groups (broad SMARTS) is 1. The van der Waals surface area contributed by atoms with E-state index >= 15 is 0 Å². The number of aliphatic carboxylic acids is 1. The maximum absolute atomic E-state index is 10.8. The number of allylic oxidation sites excluding steroid dienone is 1. The number of benzene rings is 1. The molecule has 3 nitrogen and oxygen atoms in total. The predicted octanol–water partition coefficient (Wildman–Crippen LogP) is 3.20. The molecular weight excluding hydrogens is 238 g/mol. The van der Waals surface area contributed by atoms with Crippen LogP contribution in [-0.4, -0.2) is 24.2 Å². The van der Waals surface area contributed by atoms with Crippen LogP contribution in [-0.2, 0) is 4.79 Å². The summed E-state index contributed by atoms with van der Waals surface area (Å²) >= 11 is 5.80. The van der Waals surface area contributed by atoms with Crippen LogP contribution in [0.4, 0.5) is 5.69 Å².